The molecular weight excluding hydrogens is 348 g/mol. The smallest absolute Gasteiger partial charge is 0.355 e. The minimum absolute atomic E-state index is 0.167. The number of nitrogens with one attached hydrogen (secondary N) is 1. The normalized spacial score (nSPS) is 11.5. The van der Waals surface area contributed by atoms with Gasteiger partial charge in [0, 0.05) is 18.8 Å². The van der Waals surface area contributed by atoms with E-state index >= 15 is 0 Å². The number of aromatic nitrogens is 1. The molecule has 0 spiro atoms. The highest BCUT2D eigenvalue weighted by atomic mass is 16.5. The van der Waals surface area contributed by atoms with Gasteiger partial charge < -0.3 is 14.6 Å². The van der Waals surface area contributed by atoms with Crippen molar-refractivity contribution in [3.63, 3.8) is 0 Å². The van der Waals surface area contributed by atoms with Crippen LogP contribution in [0.5, 0.6) is 0 Å². The molecule has 0 bridgehead atoms. The van der Waals surface area contributed by atoms with Gasteiger partial charge in [-0.3, -0.25) is 14.4 Å². The Balaban J connectivity index is 1.93. The number of benzene rings is 1. The van der Waals surface area contributed by atoms with E-state index in [0.29, 0.717) is 12.0 Å². The Morgan fingerprint density at radius 2 is 1.78 bits per heavy atom. The lowest BCUT2D eigenvalue weighted by Gasteiger charge is -2.16. The van der Waals surface area contributed by atoms with Crippen LogP contribution in [0.4, 0.5) is 0 Å². The van der Waals surface area contributed by atoms with Crippen LogP contribution in [0, 0.1) is 0 Å². The maximum absolute atomic E-state index is 12.1. The van der Waals surface area contributed by atoms with Gasteiger partial charge in [0.1, 0.15) is 5.69 Å². The van der Waals surface area contributed by atoms with Crippen molar-refractivity contribution in [2.45, 2.75) is 26.3 Å². The van der Waals surface area contributed by atoms with Crippen molar-refractivity contribution in [3.8, 4) is 0 Å². The molecule has 1 aromatic carbocycles. The molecule has 0 fully saturated rings. The van der Waals surface area contributed by atoms with E-state index in [1.807, 2.05) is 30.3 Å². The van der Waals surface area contributed by atoms with E-state index in [9.17, 15) is 19.2 Å². The summed E-state index contributed by atoms with van der Waals surface area (Å²) in [6, 6.07) is 10.0. The van der Waals surface area contributed by atoms with Crippen LogP contribution in [0.1, 0.15) is 40.3 Å². The third-order valence-corrected chi connectivity index (χ3v) is 4.06. The first-order valence-electron chi connectivity index (χ1n) is 8.46. The summed E-state index contributed by atoms with van der Waals surface area (Å²) < 4.78 is 6.46. The molecule has 0 aliphatic carbocycles. The van der Waals surface area contributed by atoms with Crippen LogP contribution < -0.4 is 5.32 Å². The zero-order valence-corrected chi connectivity index (χ0v) is 15.5. The van der Waals surface area contributed by atoms with Crippen LogP contribution in [0.3, 0.4) is 0 Å². The molecular formula is C20H22N2O5. The second-order valence-corrected chi connectivity index (χ2v) is 6.28. The number of Topliss-reactive ketones (excluding diaryl/α,β-unsaturated/α-hetero) is 2. The third kappa shape index (κ3) is 5.64. The summed E-state index contributed by atoms with van der Waals surface area (Å²) in [5.74, 6) is -1.65. The summed E-state index contributed by atoms with van der Waals surface area (Å²) in [6.45, 7) is 2.28. The lowest BCUT2D eigenvalue weighted by Crippen LogP contribution is -2.43. The number of nitrogens with zero attached hydrogens (tertiary/aromatic N) is 1. The Morgan fingerprint density at radius 3 is 2.33 bits per heavy atom. The minimum atomic E-state index is -0.720. The average molecular weight is 370 g/mol. The molecule has 1 amide bonds. The second-order valence-electron chi connectivity index (χ2n) is 6.28. The summed E-state index contributed by atoms with van der Waals surface area (Å²) in [6.07, 6.45) is 1.88. The van der Waals surface area contributed by atoms with Crippen molar-refractivity contribution in [1.82, 2.24) is 9.88 Å². The zero-order chi connectivity index (χ0) is 20.0. The molecule has 2 rings (SSSR count). The van der Waals surface area contributed by atoms with Crippen LogP contribution in [0.15, 0.2) is 42.6 Å². The third-order valence-electron chi connectivity index (χ3n) is 4.06. The van der Waals surface area contributed by atoms with Crippen molar-refractivity contribution in [2.75, 3.05) is 6.61 Å². The molecule has 27 heavy (non-hydrogen) atoms. The summed E-state index contributed by atoms with van der Waals surface area (Å²) in [7, 11) is 1.61. The van der Waals surface area contributed by atoms with E-state index in [1.54, 1.807) is 7.05 Å². The second kappa shape index (κ2) is 8.93. The number of ether oxygens (including phenoxy) is 1. The lowest BCUT2D eigenvalue weighted by molar-refractivity contribution is -0.128. The molecule has 1 aromatic heterocycles. The lowest BCUT2D eigenvalue weighted by atomic mass is 10.0. The van der Waals surface area contributed by atoms with Crippen LogP contribution in [0.2, 0.25) is 0 Å². The van der Waals surface area contributed by atoms with Crippen molar-refractivity contribution in [3.05, 3.63) is 59.4 Å². The van der Waals surface area contributed by atoms with E-state index in [0.717, 1.165) is 5.56 Å². The number of esters is 1. The Morgan fingerprint density at radius 1 is 1.11 bits per heavy atom. The molecule has 0 saturated heterocycles. The quantitative estimate of drug-likeness (QED) is 0.564. The number of hydrogen-bond donors (Lipinski definition) is 1. The monoisotopic (exact) mass is 370 g/mol. The van der Waals surface area contributed by atoms with Gasteiger partial charge in [-0.2, -0.15) is 0 Å². The van der Waals surface area contributed by atoms with Gasteiger partial charge in [-0.05, 0) is 31.9 Å². The van der Waals surface area contributed by atoms with Gasteiger partial charge in [0.15, 0.2) is 18.2 Å². The number of rotatable bonds is 8. The van der Waals surface area contributed by atoms with Crippen molar-refractivity contribution in [1.29, 1.82) is 0 Å². The maximum Gasteiger partial charge on any atom is 0.355 e. The maximum atomic E-state index is 12.1. The molecule has 2 aromatic rings. The Bertz CT molecular complexity index is 855. The van der Waals surface area contributed by atoms with E-state index in [4.69, 9.17) is 4.74 Å². The number of aryl methyl sites for hydroxylation is 1. The summed E-state index contributed by atoms with van der Waals surface area (Å²) in [5.41, 5.74) is 1.46. The first kappa shape index (κ1) is 20.1. The van der Waals surface area contributed by atoms with E-state index < -0.39 is 24.5 Å². The molecule has 0 unspecified atom stereocenters. The number of ketones is 2. The van der Waals surface area contributed by atoms with Gasteiger partial charge in [0.2, 0.25) is 0 Å². The minimum Gasteiger partial charge on any atom is -0.451 e. The molecule has 1 N–H and O–H groups in total. The number of hydrogen-bond acceptors (Lipinski definition) is 5. The highest BCUT2D eigenvalue weighted by Gasteiger charge is 2.20. The van der Waals surface area contributed by atoms with E-state index in [2.05, 4.69) is 5.32 Å². The molecule has 0 aliphatic rings. The zero-order valence-electron chi connectivity index (χ0n) is 15.5. The van der Waals surface area contributed by atoms with Gasteiger partial charge in [-0.25, -0.2) is 4.79 Å². The topological polar surface area (TPSA) is 94.5 Å². The first-order chi connectivity index (χ1) is 12.8. The fourth-order valence-electron chi connectivity index (χ4n) is 2.55. The van der Waals surface area contributed by atoms with Crippen LogP contribution >= 0.6 is 0 Å². The standard InChI is InChI=1S/C20H22N2O5/c1-13(23)16-10-18(22(3)11-16)20(26)27-12-19(25)21-17(14(2)24)9-15-7-5-4-6-8-15/h4-8,10-11,17H,9,12H2,1-3H3,(H,21,25)/t17-/m1/s1. The highest BCUT2D eigenvalue weighted by molar-refractivity contribution is 5.98. The van der Waals surface area contributed by atoms with Crippen molar-refractivity contribution in [2.24, 2.45) is 7.05 Å². The van der Waals surface area contributed by atoms with Gasteiger partial charge in [-0.15, -0.1) is 0 Å². The number of amides is 1. The summed E-state index contributed by atoms with van der Waals surface area (Å²) >= 11 is 0. The van der Waals surface area contributed by atoms with Crippen molar-refractivity contribution < 1.29 is 23.9 Å². The highest BCUT2D eigenvalue weighted by Crippen LogP contribution is 2.09. The van der Waals surface area contributed by atoms with Crippen LogP contribution in [0.25, 0.3) is 0 Å². The van der Waals surface area contributed by atoms with Crippen LogP contribution in [-0.4, -0.2) is 40.7 Å². The largest absolute Gasteiger partial charge is 0.451 e. The predicted molar refractivity (Wildman–Crippen MR) is 98.5 cm³/mol. The van der Waals surface area contributed by atoms with E-state index in [-0.39, 0.29) is 17.3 Å². The molecule has 0 saturated carbocycles. The van der Waals surface area contributed by atoms with Gasteiger partial charge in [0.05, 0.1) is 6.04 Å². The molecule has 1 atom stereocenters. The molecule has 1 heterocycles. The van der Waals surface area contributed by atoms with Gasteiger partial charge in [-0.1, -0.05) is 30.3 Å². The predicted octanol–water partition coefficient (Wildman–Crippen LogP) is 1.70. The SMILES string of the molecule is CC(=O)c1cc(C(=O)OCC(=O)N[C@H](Cc2ccccc2)C(C)=O)n(C)c1. The summed E-state index contributed by atoms with van der Waals surface area (Å²) in [4.78, 5) is 47.4. The molecule has 142 valence electrons. The first-order valence-corrected chi connectivity index (χ1v) is 8.46. The molecule has 7 heteroatoms. The van der Waals surface area contributed by atoms with E-state index in [1.165, 1.54) is 30.7 Å². The average Bonchev–Trinajstić information content (AvgIpc) is 3.02. The van der Waals surface area contributed by atoms with Gasteiger partial charge >= 0.3 is 5.97 Å². The Kier molecular flexibility index (Phi) is 6.65. The Labute approximate surface area is 157 Å². The molecule has 7 nitrogen and oxygen atoms in total. The number of carbonyl (C=O) groups excluding carboxylic acids is 4. The fraction of sp³-hybridized carbons (Fsp3) is 0.300. The van der Waals surface area contributed by atoms with Crippen molar-refractivity contribution >= 4 is 23.4 Å². The van der Waals surface area contributed by atoms with Gasteiger partial charge in [0.25, 0.3) is 5.91 Å². The van der Waals surface area contributed by atoms with Crippen LogP contribution in [-0.2, 0) is 27.8 Å². The summed E-state index contributed by atoms with van der Waals surface area (Å²) in [5, 5.41) is 2.58. The molecule has 0 aliphatic heterocycles. The molecule has 0 radical (unpaired) electrons. The fourth-order valence-corrected chi connectivity index (χ4v) is 2.55. The number of carbonyl (C=O) groups is 4. The Hall–Kier alpha value is -3.22.